The largest absolute Gasteiger partial charge is 0.423 e. The molecule has 178 valence electrons. The van der Waals surface area contributed by atoms with E-state index in [2.05, 4.69) is 56.5 Å². The van der Waals surface area contributed by atoms with Gasteiger partial charge in [0, 0.05) is 41.3 Å². The molecule has 4 rings (SSSR count). The number of hydrogen-bond donors (Lipinski definition) is 0. The van der Waals surface area contributed by atoms with Crippen LogP contribution in [0.15, 0.2) is 122 Å². The fraction of sp³-hybridized carbons (Fsp3) is 0.0323. The standard InChI is InChI=1S/C31H25NO4/c1-4-30(33)35-28-10-6-8-26(20-28)32(27-9-7-11-29(21-27)36-31(34)5-2)25-18-16-24(17-19-25)23-14-12-22(3)13-15-23/h4-21H,1-2H2,3H3. The predicted molar refractivity (Wildman–Crippen MR) is 143 cm³/mol. The summed E-state index contributed by atoms with van der Waals surface area (Å²) in [4.78, 5) is 25.5. The van der Waals surface area contributed by atoms with E-state index in [1.54, 1.807) is 36.4 Å². The molecule has 0 aliphatic carbocycles. The molecule has 0 saturated carbocycles. The van der Waals surface area contributed by atoms with Gasteiger partial charge >= 0.3 is 11.9 Å². The zero-order chi connectivity index (χ0) is 25.5. The van der Waals surface area contributed by atoms with Crippen LogP contribution >= 0.6 is 0 Å². The Labute approximate surface area is 210 Å². The van der Waals surface area contributed by atoms with Gasteiger partial charge in [0.2, 0.25) is 0 Å². The van der Waals surface area contributed by atoms with Crippen LogP contribution < -0.4 is 14.4 Å². The first-order valence-electron chi connectivity index (χ1n) is 11.3. The molecule has 0 bridgehead atoms. The van der Waals surface area contributed by atoms with E-state index in [9.17, 15) is 9.59 Å². The van der Waals surface area contributed by atoms with Crippen molar-refractivity contribution in [2.75, 3.05) is 4.90 Å². The van der Waals surface area contributed by atoms with Crippen LogP contribution in [0.3, 0.4) is 0 Å². The second-order valence-electron chi connectivity index (χ2n) is 7.99. The van der Waals surface area contributed by atoms with E-state index in [1.165, 1.54) is 5.56 Å². The van der Waals surface area contributed by atoms with Gasteiger partial charge in [-0.3, -0.25) is 0 Å². The van der Waals surface area contributed by atoms with Crippen molar-refractivity contribution < 1.29 is 19.1 Å². The topological polar surface area (TPSA) is 55.8 Å². The molecule has 0 aliphatic rings. The summed E-state index contributed by atoms with van der Waals surface area (Å²) in [5.74, 6) is -0.320. The highest BCUT2D eigenvalue weighted by atomic mass is 16.5. The maximum Gasteiger partial charge on any atom is 0.335 e. The van der Waals surface area contributed by atoms with Gasteiger partial charge in [-0.2, -0.15) is 0 Å². The summed E-state index contributed by atoms with van der Waals surface area (Å²) >= 11 is 0. The first-order chi connectivity index (χ1) is 17.5. The highest BCUT2D eigenvalue weighted by Gasteiger charge is 2.15. The minimum atomic E-state index is -0.542. The van der Waals surface area contributed by atoms with Crippen LogP contribution in [0.5, 0.6) is 11.5 Å². The lowest BCUT2D eigenvalue weighted by atomic mass is 10.0. The number of rotatable bonds is 8. The molecule has 4 aromatic carbocycles. The van der Waals surface area contributed by atoms with Crippen molar-refractivity contribution in [2.45, 2.75) is 6.92 Å². The number of anilines is 3. The van der Waals surface area contributed by atoms with Crippen molar-refractivity contribution in [3.05, 3.63) is 128 Å². The summed E-state index contributed by atoms with van der Waals surface area (Å²) in [5.41, 5.74) is 5.77. The van der Waals surface area contributed by atoms with Crippen LogP contribution in [0.2, 0.25) is 0 Å². The molecule has 0 unspecified atom stereocenters. The Balaban J connectivity index is 1.77. The number of hydrogen-bond acceptors (Lipinski definition) is 5. The first-order valence-corrected chi connectivity index (χ1v) is 11.3. The van der Waals surface area contributed by atoms with E-state index in [0.29, 0.717) is 11.5 Å². The molecule has 0 amide bonds. The molecule has 0 saturated heterocycles. The number of esters is 2. The Morgan fingerprint density at radius 3 is 1.53 bits per heavy atom. The SMILES string of the molecule is C=CC(=O)Oc1cccc(N(c2ccc(-c3ccc(C)cc3)cc2)c2cccc(OC(=O)C=C)c2)c1. The second kappa shape index (κ2) is 11.0. The minimum Gasteiger partial charge on any atom is -0.423 e. The third-order valence-corrected chi connectivity index (χ3v) is 5.43. The second-order valence-corrected chi connectivity index (χ2v) is 7.99. The van der Waals surface area contributed by atoms with Crippen molar-refractivity contribution in [1.82, 2.24) is 0 Å². The molecule has 4 aromatic rings. The average Bonchev–Trinajstić information content (AvgIpc) is 2.90. The lowest BCUT2D eigenvalue weighted by molar-refractivity contribution is -0.129. The van der Waals surface area contributed by atoms with E-state index in [4.69, 9.17) is 9.47 Å². The highest BCUT2D eigenvalue weighted by molar-refractivity contribution is 5.85. The summed E-state index contributed by atoms with van der Waals surface area (Å²) in [6.07, 6.45) is 2.23. The van der Waals surface area contributed by atoms with Crippen molar-refractivity contribution in [3.63, 3.8) is 0 Å². The van der Waals surface area contributed by atoms with E-state index in [1.807, 2.05) is 29.2 Å². The van der Waals surface area contributed by atoms with Crippen LogP contribution in [0, 0.1) is 6.92 Å². The Kier molecular flexibility index (Phi) is 7.42. The van der Waals surface area contributed by atoms with Crippen molar-refractivity contribution >= 4 is 29.0 Å². The molecule has 5 nitrogen and oxygen atoms in total. The number of aryl methyl sites for hydroxylation is 1. The lowest BCUT2D eigenvalue weighted by Gasteiger charge is -2.26. The molecular weight excluding hydrogens is 450 g/mol. The molecule has 0 atom stereocenters. The fourth-order valence-electron chi connectivity index (χ4n) is 3.68. The Morgan fingerprint density at radius 1 is 0.639 bits per heavy atom. The maximum absolute atomic E-state index is 11.8. The van der Waals surface area contributed by atoms with Crippen LogP contribution in [-0.4, -0.2) is 11.9 Å². The third kappa shape index (κ3) is 5.77. The molecule has 0 N–H and O–H groups in total. The summed E-state index contributed by atoms with van der Waals surface area (Å²) in [5, 5.41) is 0. The van der Waals surface area contributed by atoms with Crippen molar-refractivity contribution in [3.8, 4) is 22.6 Å². The van der Waals surface area contributed by atoms with Gasteiger partial charge in [0.1, 0.15) is 11.5 Å². The fourth-order valence-corrected chi connectivity index (χ4v) is 3.68. The molecule has 5 heteroatoms. The van der Waals surface area contributed by atoms with Gasteiger partial charge in [0.15, 0.2) is 0 Å². The summed E-state index contributed by atoms with van der Waals surface area (Å²) in [6.45, 7) is 8.97. The summed E-state index contributed by atoms with van der Waals surface area (Å²) in [7, 11) is 0. The van der Waals surface area contributed by atoms with E-state index >= 15 is 0 Å². The van der Waals surface area contributed by atoms with Crippen LogP contribution in [0.4, 0.5) is 17.1 Å². The molecule has 36 heavy (non-hydrogen) atoms. The van der Waals surface area contributed by atoms with Crippen LogP contribution in [-0.2, 0) is 9.59 Å². The molecule has 0 spiro atoms. The molecular formula is C31H25NO4. The monoisotopic (exact) mass is 475 g/mol. The zero-order valence-corrected chi connectivity index (χ0v) is 19.9. The van der Waals surface area contributed by atoms with E-state index in [0.717, 1.165) is 40.3 Å². The molecule has 0 aliphatic heterocycles. The van der Waals surface area contributed by atoms with Crippen LogP contribution in [0.25, 0.3) is 11.1 Å². The van der Waals surface area contributed by atoms with Gasteiger partial charge in [0.05, 0.1) is 0 Å². The maximum atomic E-state index is 11.8. The third-order valence-electron chi connectivity index (χ3n) is 5.43. The van der Waals surface area contributed by atoms with Gasteiger partial charge < -0.3 is 14.4 Å². The number of carbonyl (C=O) groups excluding carboxylic acids is 2. The summed E-state index contributed by atoms with van der Waals surface area (Å²) < 4.78 is 10.7. The highest BCUT2D eigenvalue weighted by Crippen LogP contribution is 2.38. The zero-order valence-electron chi connectivity index (χ0n) is 19.9. The molecule has 0 radical (unpaired) electrons. The number of ether oxygens (including phenoxy) is 2. The van der Waals surface area contributed by atoms with E-state index < -0.39 is 11.9 Å². The Bertz CT molecular complexity index is 1340. The van der Waals surface area contributed by atoms with Crippen molar-refractivity contribution in [2.24, 2.45) is 0 Å². The Hall–Kier alpha value is -4.90. The van der Waals surface area contributed by atoms with Gasteiger partial charge in [-0.25, -0.2) is 9.59 Å². The molecule has 0 heterocycles. The number of benzene rings is 4. The van der Waals surface area contributed by atoms with Gasteiger partial charge in [0.25, 0.3) is 0 Å². The Morgan fingerprint density at radius 2 is 1.08 bits per heavy atom. The van der Waals surface area contributed by atoms with Crippen molar-refractivity contribution in [1.29, 1.82) is 0 Å². The van der Waals surface area contributed by atoms with Crippen LogP contribution in [0.1, 0.15) is 5.56 Å². The average molecular weight is 476 g/mol. The predicted octanol–water partition coefficient (Wildman–Crippen LogP) is 7.31. The van der Waals surface area contributed by atoms with Gasteiger partial charge in [-0.05, 0) is 54.4 Å². The minimum absolute atomic E-state index is 0.382. The smallest absolute Gasteiger partial charge is 0.335 e. The number of nitrogens with zero attached hydrogens (tertiary/aromatic N) is 1. The quantitative estimate of drug-likeness (QED) is 0.152. The lowest BCUT2D eigenvalue weighted by Crippen LogP contribution is -2.11. The number of carbonyl (C=O) groups is 2. The van der Waals surface area contributed by atoms with E-state index in [-0.39, 0.29) is 0 Å². The first kappa shape index (κ1) is 24.2. The normalized spacial score (nSPS) is 10.2. The molecule has 0 aromatic heterocycles. The van der Waals surface area contributed by atoms with Gasteiger partial charge in [-0.15, -0.1) is 0 Å². The van der Waals surface area contributed by atoms with Gasteiger partial charge in [-0.1, -0.05) is 67.3 Å². The molecule has 0 fully saturated rings. The summed E-state index contributed by atoms with van der Waals surface area (Å²) in [6, 6.07) is 30.8.